The molecule has 4 nitrogen and oxygen atoms in total. The highest BCUT2D eigenvalue weighted by Crippen LogP contribution is 2.04. The maximum atomic E-state index is 4.07. The molecule has 0 unspecified atom stereocenters. The minimum absolute atomic E-state index is 0.764. The largest absolute Gasteiger partial charge is 0.370 e. The summed E-state index contributed by atoms with van der Waals surface area (Å²) in [5.41, 5.74) is 0. The Morgan fingerprint density at radius 2 is 2.50 bits per heavy atom. The SMILES string of the molecule is c1cc(NCC2CNC2)ncn1. The van der Waals surface area contributed by atoms with Gasteiger partial charge in [-0.2, -0.15) is 0 Å². The number of rotatable bonds is 3. The van der Waals surface area contributed by atoms with Crippen molar-refractivity contribution in [2.24, 2.45) is 5.92 Å². The van der Waals surface area contributed by atoms with Gasteiger partial charge in [-0.05, 0) is 6.07 Å². The summed E-state index contributed by atoms with van der Waals surface area (Å²) in [6, 6.07) is 1.88. The number of nitrogens with zero attached hydrogens (tertiary/aromatic N) is 2. The first kappa shape index (κ1) is 7.49. The average Bonchev–Trinajstić information content (AvgIpc) is 2.04. The first-order valence-electron chi connectivity index (χ1n) is 4.16. The van der Waals surface area contributed by atoms with Crippen molar-refractivity contribution in [1.82, 2.24) is 15.3 Å². The van der Waals surface area contributed by atoms with E-state index in [4.69, 9.17) is 0 Å². The Balaban J connectivity index is 1.79. The molecule has 1 aromatic heterocycles. The molecule has 64 valence electrons. The highest BCUT2D eigenvalue weighted by molar-refractivity contribution is 5.31. The van der Waals surface area contributed by atoms with Crippen molar-refractivity contribution in [2.75, 3.05) is 25.0 Å². The third-order valence-electron chi connectivity index (χ3n) is 2.02. The summed E-state index contributed by atoms with van der Waals surface area (Å²) in [5.74, 6) is 1.68. The van der Waals surface area contributed by atoms with Crippen LogP contribution >= 0.6 is 0 Å². The molecule has 1 aromatic rings. The van der Waals surface area contributed by atoms with Crippen LogP contribution in [0.5, 0.6) is 0 Å². The summed E-state index contributed by atoms with van der Waals surface area (Å²) in [6.45, 7) is 3.25. The zero-order valence-electron chi connectivity index (χ0n) is 6.83. The molecule has 2 N–H and O–H groups in total. The Hall–Kier alpha value is -1.16. The summed E-state index contributed by atoms with van der Waals surface area (Å²) in [5, 5.41) is 6.48. The molecule has 1 fully saturated rings. The normalized spacial score (nSPS) is 17.0. The van der Waals surface area contributed by atoms with Gasteiger partial charge in [0.15, 0.2) is 0 Å². The van der Waals surface area contributed by atoms with Crippen molar-refractivity contribution in [2.45, 2.75) is 0 Å². The Kier molecular flexibility index (Phi) is 2.18. The fourth-order valence-electron chi connectivity index (χ4n) is 1.14. The van der Waals surface area contributed by atoms with Crippen LogP contribution < -0.4 is 10.6 Å². The lowest BCUT2D eigenvalue weighted by Gasteiger charge is -2.27. The molecule has 0 spiro atoms. The van der Waals surface area contributed by atoms with Crippen LogP contribution in [-0.4, -0.2) is 29.6 Å². The van der Waals surface area contributed by atoms with Gasteiger partial charge >= 0.3 is 0 Å². The molecule has 0 aromatic carbocycles. The van der Waals surface area contributed by atoms with Crippen LogP contribution in [0.2, 0.25) is 0 Å². The first-order chi connectivity index (χ1) is 5.95. The fraction of sp³-hybridized carbons (Fsp3) is 0.500. The van der Waals surface area contributed by atoms with Gasteiger partial charge in [-0.1, -0.05) is 0 Å². The second kappa shape index (κ2) is 3.49. The quantitative estimate of drug-likeness (QED) is 0.665. The number of anilines is 1. The van der Waals surface area contributed by atoms with Gasteiger partial charge in [-0.25, -0.2) is 9.97 Å². The van der Waals surface area contributed by atoms with Crippen molar-refractivity contribution in [3.63, 3.8) is 0 Å². The van der Waals surface area contributed by atoms with Gasteiger partial charge in [-0.15, -0.1) is 0 Å². The van der Waals surface area contributed by atoms with Crippen molar-refractivity contribution in [3.8, 4) is 0 Å². The van der Waals surface area contributed by atoms with Gasteiger partial charge in [0.2, 0.25) is 0 Å². The van der Waals surface area contributed by atoms with E-state index in [1.165, 1.54) is 0 Å². The Morgan fingerprint density at radius 3 is 3.08 bits per heavy atom. The molecular weight excluding hydrogens is 152 g/mol. The second-order valence-electron chi connectivity index (χ2n) is 3.00. The van der Waals surface area contributed by atoms with Crippen molar-refractivity contribution in [3.05, 3.63) is 18.6 Å². The number of hydrogen-bond donors (Lipinski definition) is 2. The summed E-state index contributed by atoms with van der Waals surface area (Å²) >= 11 is 0. The van der Waals surface area contributed by atoms with Crippen molar-refractivity contribution < 1.29 is 0 Å². The van der Waals surface area contributed by atoms with Crippen LogP contribution in [0.25, 0.3) is 0 Å². The Bertz CT molecular complexity index is 232. The lowest BCUT2D eigenvalue weighted by molar-refractivity contribution is 0.365. The molecule has 12 heavy (non-hydrogen) atoms. The molecule has 1 aliphatic rings. The van der Waals surface area contributed by atoms with Crippen LogP contribution in [-0.2, 0) is 0 Å². The predicted molar refractivity (Wildman–Crippen MR) is 46.9 cm³/mol. The molecule has 0 bridgehead atoms. The molecular formula is C8H12N4. The van der Waals surface area contributed by atoms with Gasteiger partial charge in [0.05, 0.1) is 0 Å². The lowest BCUT2D eigenvalue weighted by atomic mass is 10.0. The third kappa shape index (κ3) is 1.71. The average molecular weight is 164 g/mol. The zero-order chi connectivity index (χ0) is 8.23. The number of hydrogen-bond acceptors (Lipinski definition) is 4. The van der Waals surface area contributed by atoms with E-state index >= 15 is 0 Å². The maximum Gasteiger partial charge on any atom is 0.129 e. The van der Waals surface area contributed by atoms with Crippen molar-refractivity contribution >= 4 is 5.82 Å². The van der Waals surface area contributed by atoms with Crippen LogP contribution in [0, 0.1) is 5.92 Å². The van der Waals surface area contributed by atoms with Gasteiger partial charge < -0.3 is 10.6 Å². The molecule has 0 amide bonds. The minimum atomic E-state index is 0.764. The van der Waals surface area contributed by atoms with Gasteiger partial charge in [0.1, 0.15) is 12.1 Å². The molecule has 0 radical (unpaired) electrons. The summed E-state index contributed by atoms with van der Waals surface area (Å²) in [6.07, 6.45) is 3.30. The molecule has 2 rings (SSSR count). The first-order valence-corrected chi connectivity index (χ1v) is 4.16. The number of nitrogens with one attached hydrogen (secondary N) is 2. The topological polar surface area (TPSA) is 49.8 Å². The lowest BCUT2D eigenvalue weighted by Crippen LogP contribution is -2.45. The van der Waals surface area contributed by atoms with E-state index in [1.54, 1.807) is 12.5 Å². The van der Waals surface area contributed by atoms with E-state index in [0.717, 1.165) is 31.4 Å². The third-order valence-corrected chi connectivity index (χ3v) is 2.02. The van der Waals surface area contributed by atoms with E-state index in [1.807, 2.05) is 6.07 Å². The summed E-state index contributed by atoms with van der Waals surface area (Å²) in [4.78, 5) is 7.91. The van der Waals surface area contributed by atoms with Crippen LogP contribution in [0.4, 0.5) is 5.82 Å². The molecule has 1 aliphatic heterocycles. The minimum Gasteiger partial charge on any atom is -0.370 e. The molecule has 0 aliphatic carbocycles. The molecule has 1 saturated heterocycles. The molecule has 4 heteroatoms. The van der Waals surface area contributed by atoms with Crippen LogP contribution in [0.15, 0.2) is 18.6 Å². The van der Waals surface area contributed by atoms with Crippen molar-refractivity contribution in [1.29, 1.82) is 0 Å². The van der Waals surface area contributed by atoms with E-state index < -0.39 is 0 Å². The predicted octanol–water partition coefficient (Wildman–Crippen LogP) is 0.108. The smallest absolute Gasteiger partial charge is 0.129 e. The van der Waals surface area contributed by atoms with E-state index in [-0.39, 0.29) is 0 Å². The highest BCUT2D eigenvalue weighted by Gasteiger charge is 2.15. The molecule has 0 saturated carbocycles. The van der Waals surface area contributed by atoms with E-state index in [2.05, 4.69) is 20.6 Å². The molecule has 2 heterocycles. The monoisotopic (exact) mass is 164 g/mol. The maximum absolute atomic E-state index is 4.07. The second-order valence-corrected chi connectivity index (χ2v) is 3.00. The highest BCUT2D eigenvalue weighted by atomic mass is 15.0. The summed E-state index contributed by atoms with van der Waals surface area (Å²) in [7, 11) is 0. The molecule has 0 atom stereocenters. The Morgan fingerprint density at radius 1 is 1.58 bits per heavy atom. The fourth-order valence-corrected chi connectivity index (χ4v) is 1.14. The van der Waals surface area contributed by atoms with E-state index in [9.17, 15) is 0 Å². The standard InChI is InChI=1S/C8H12N4/c1-2-9-6-12-8(1)11-5-7-3-10-4-7/h1-2,6-7,10H,3-5H2,(H,9,11,12). The number of aromatic nitrogens is 2. The van der Waals surface area contributed by atoms with Gasteiger partial charge in [0.25, 0.3) is 0 Å². The zero-order valence-corrected chi connectivity index (χ0v) is 6.83. The van der Waals surface area contributed by atoms with Gasteiger partial charge in [-0.3, -0.25) is 0 Å². The van der Waals surface area contributed by atoms with Gasteiger partial charge in [0, 0.05) is 31.7 Å². The Labute approximate surface area is 71.4 Å². The van der Waals surface area contributed by atoms with Crippen LogP contribution in [0.1, 0.15) is 0 Å². The van der Waals surface area contributed by atoms with E-state index in [0.29, 0.717) is 0 Å². The summed E-state index contributed by atoms with van der Waals surface area (Å²) < 4.78 is 0. The van der Waals surface area contributed by atoms with Crippen LogP contribution in [0.3, 0.4) is 0 Å².